The molecule has 4 nitrogen and oxygen atoms in total. The number of pyridine rings is 1. The third-order valence-corrected chi connectivity index (χ3v) is 3.43. The first-order valence-electron chi connectivity index (χ1n) is 6.01. The average Bonchev–Trinajstić information content (AvgIpc) is 2.92. The first-order chi connectivity index (χ1) is 9.70. The Labute approximate surface area is 120 Å². The van der Waals surface area contributed by atoms with Crippen LogP contribution in [-0.4, -0.2) is 22.9 Å². The molecule has 0 aliphatic rings. The van der Waals surface area contributed by atoms with E-state index in [0.29, 0.717) is 32.9 Å². The summed E-state index contributed by atoms with van der Waals surface area (Å²) in [4.78, 5) is 19.6. The van der Waals surface area contributed by atoms with E-state index in [4.69, 9.17) is 16.3 Å². The molecule has 0 unspecified atom stereocenters. The molecule has 3 aromatic rings. The van der Waals surface area contributed by atoms with Crippen molar-refractivity contribution < 1.29 is 9.53 Å². The Morgan fingerprint density at radius 2 is 2.00 bits per heavy atom. The van der Waals surface area contributed by atoms with Crippen LogP contribution in [0.15, 0.2) is 42.7 Å². The summed E-state index contributed by atoms with van der Waals surface area (Å²) in [5.74, 6) is 0.606. The van der Waals surface area contributed by atoms with Gasteiger partial charge in [-0.15, -0.1) is 0 Å². The zero-order chi connectivity index (χ0) is 14.1. The van der Waals surface area contributed by atoms with Crippen LogP contribution in [0.1, 0.15) is 15.9 Å². The quantitative estimate of drug-likeness (QED) is 0.750. The Hall–Kier alpha value is -2.33. The molecule has 0 fully saturated rings. The fourth-order valence-corrected chi connectivity index (χ4v) is 2.34. The first kappa shape index (κ1) is 12.7. The molecular formula is C15H11ClN2O2. The predicted molar refractivity (Wildman–Crippen MR) is 77.5 cm³/mol. The minimum absolute atomic E-state index is 0.103. The van der Waals surface area contributed by atoms with Crippen LogP contribution < -0.4 is 4.74 Å². The van der Waals surface area contributed by atoms with E-state index in [1.54, 1.807) is 49.8 Å². The average molecular weight is 287 g/mol. The molecule has 0 saturated carbocycles. The van der Waals surface area contributed by atoms with E-state index in [-0.39, 0.29) is 5.78 Å². The number of aromatic amines is 1. The van der Waals surface area contributed by atoms with Gasteiger partial charge in [0.15, 0.2) is 5.78 Å². The highest BCUT2D eigenvalue weighted by molar-refractivity contribution is 6.37. The van der Waals surface area contributed by atoms with Gasteiger partial charge in [0.05, 0.1) is 17.7 Å². The van der Waals surface area contributed by atoms with Crippen LogP contribution in [0.4, 0.5) is 0 Å². The smallest absolute Gasteiger partial charge is 0.195 e. The zero-order valence-electron chi connectivity index (χ0n) is 10.7. The molecule has 1 N–H and O–H groups in total. The summed E-state index contributed by atoms with van der Waals surface area (Å²) >= 11 is 6.15. The van der Waals surface area contributed by atoms with Crippen molar-refractivity contribution in [1.82, 2.24) is 9.97 Å². The van der Waals surface area contributed by atoms with Crippen LogP contribution >= 0.6 is 11.6 Å². The molecule has 5 heteroatoms. The lowest BCUT2D eigenvalue weighted by Crippen LogP contribution is -2.00. The SMILES string of the molecule is COc1ccc(C(=O)c2c[nH]c3nccc(Cl)c23)cc1. The number of ketones is 1. The number of halogens is 1. The van der Waals surface area contributed by atoms with Crippen molar-refractivity contribution in [1.29, 1.82) is 0 Å². The number of carbonyl (C=O) groups is 1. The summed E-state index contributed by atoms with van der Waals surface area (Å²) in [5.41, 5.74) is 1.70. The van der Waals surface area contributed by atoms with Crippen LogP contribution in [0.3, 0.4) is 0 Å². The number of carbonyl (C=O) groups excluding carboxylic acids is 1. The number of H-pyrrole nitrogens is 1. The Morgan fingerprint density at radius 1 is 1.25 bits per heavy atom. The third-order valence-electron chi connectivity index (χ3n) is 3.12. The van der Waals surface area contributed by atoms with Crippen molar-refractivity contribution in [3.63, 3.8) is 0 Å². The van der Waals surface area contributed by atoms with E-state index in [9.17, 15) is 4.79 Å². The molecule has 0 bridgehead atoms. The summed E-state index contributed by atoms with van der Waals surface area (Å²) < 4.78 is 5.08. The van der Waals surface area contributed by atoms with E-state index >= 15 is 0 Å². The Kier molecular flexibility index (Phi) is 3.16. The van der Waals surface area contributed by atoms with Crippen molar-refractivity contribution >= 4 is 28.4 Å². The van der Waals surface area contributed by atoms with Gasteiger partial charge in [-0.1, -0.05) is 11.6 Å². The molecule has 0 atom stereocenters. The molecule has 20 heavy (non-hydrogen) atoms. The van der Waals surface area contributed by atoms with Gasteiger partial charge in [-0.3, -0.25) is 4.79 Å². The second-order valence-electron chi connectivity index (χ2n) is 4.28. The number of nitrogens with one attached hydrogen (secondary N) is 1. The highest BCUT2D eigenvalue weighted by Crippen LogP contribution is 2.27. The standard InChI is InChI=1S/C15H11ClN2O2/c1-20-10-4-2-9(3-5-10)14(19)11-8-18-15-13(11)12(16)6-7-17-15/h2-8H,1H3,(H,17,18). The van der Waals surface area contributed by atoms with Gasteiger partial charge in [-0.05, 0) is 30.3 Å². The number of ether oxygens (including phenoxy) is 1. The largest absolute Gasteiger partial charge is 0.497 e. The number of hydrogen-bond acceptors (Lipinski definition) is 3. The number of benzene rings is 1. The topological polar surface area (TPSA) is 55.0 Å². The minimum Gasteiger partial charge on any atom is -0.497 e. The number of fused-ring (bicyclic) bond motifs is 1. The van der Waals surface area contributed by atoms with Crippen LogP contribution in [0.25, 0.3) is 11.0 Å². The van der Waals surface area contributed by atoms with Crippen molar-refractivity contribution in [2.45, 2.75) is 0 Å². The maximum Gasteiger partial charge on any atom is 0.195 e. The second kappa shape index (κ2) is 4.98. The number of rotatable bonds is 3. The van der Waals surface area contributed by atoms with Gasteiger partial charge in [0.2, 0.25) is 0 Å². The second-order valence-corrected chi connectivity index (χ2v) is 4.68. The van der Waals surface area contributed by atoms with Crippen LogP contribution in [0.2, 0.25) is 5.02 Å². The van der Waals surface area contributed by atoms with Gasteiger partial charge >= 0.3 is 0 Å². The summed E-state index contributed by atoms with van der Waals surface area (Å²) in [6.07, 6.45) is 3.24. The predicted octanol–water partition coefficient (Wildman–Crippen LogP) is 3.46. The van der Waals surface area contributed by atoms with Gasteiger partial charge in [0, 0.05) is 23.3 Å². The first-order valence-corrected chi connectivity index (χ1v) is 6.39. The van der Waals surface area contributed by atoms with E-state index < -0.39 is 0 Å². The van der Waals surface area contributed by atoms with Gasteiger partial charge in [-0.25, -0.2) is 4.98 Å². The molecule has 0 spiro atoms. The van der Waals surface area contributed by atoms with E-state index in [1.165, 1.54) is 0 Å². The number of hydrogen-bond donors (Lipinski definition) is 1. The number of nitrogens with zero attached hydrogens (tertiary/aromatic N) is 1. The number of aromatic nitrogens is 2. The van der Waals surface area contributed by atoms with Gasteiger partial charge in [-0.2, -0.15) is 0 Å². The fourth-order valence-electron chi connectivity index (χ4n) is 2.09. The molecule has 2 aromatic heterocycles. The Bertz CT molecular complexity index is 778. The van der Waals surface area contributed by atoms with Gasteiger partial charge in [0.25, 0.3) is 0 Å². The Morgan fingerprint density at radius 3 is 2.70 bits per heavy atom. The number of methoxy groups -OCH3 is 1. The molecule has 1 aromatic carbocycles. The molecule has 2 heterocycles. The third kappa shape index (κ3) is 2.04. The highest BCUT2D eigenvalue weighted by Gasteiger charge is 2.16. The molecule has 0 aliphatic carbocycles. The minimum atomic E-state index is -0.103. The molecule has 100 valence electrons. The lowest BCUT2D eigenvalue weighted by molar-refractivity contribution is 0.104. The normalized spacial score (nSPS) is 10.7. The highest BCUT2D eigenvalue weighted by atomic mass is 35.5. The van der Waals surface area contributed by atoms with Gasteiger partial charge < -0.3 is 9.72 Å². The van der Waals surface area contributed by atoms with Gasteiger partial charge in [0.1, 0.15) is 11.4 Å². The molecule has 3 rings (SSSR count). The summed E-state index contributed by atoms with van der Waals surface area (Å²) in [6, 6.07) is 8.63. The van der Waals surface area contributed by atoms with Crippen molar-refractivity contribution in [2.75, 3.05) is 7.11 Å². The maximum absolute atomic E-state index is 12.5. The molecular weight excluding hydrogens is 276 g/mol. The van der Waals surface area contributed by atoms with Crippen LogP contribution in [0.5, 0.6) is 5.75 Å². The lowest BCUT2D eigenvalue weighted by Gasteiger charge is -2.03. The van der Waals surface area contributed by atoms with Crippen LogP contribution in [0, 0.1) is 0 Å². The summed E-state index contributed by atoms with van der Waals surface area (Å²) in [7, 11) is 1.59. The molecule has 0 aliphatic heterocycles. The Balaban J connectivity index is 2.08. The summed E-state index contributed by atoms with van der Waals surface area (Å²) in [6.45, 7) is 0. The maximum atomic E-state index is 12.5. The van der Waals surface area contributed by atoms with E-state index in [2.05, 4.69) is 9.97 Å². The molecule has 0 saturated heterocycles. The zero-order valence-corrected chi connectivity index (χ0v) is 11.4. The van der Waals surface area contributed by atoms with Crippen molar-refractivity contribution in [3.05, 3.63) is 58.9 Å². The fraction of sp³-hybridized carbons (Fsp3) is 0.0667. The van der Waals surface area contributed by atoms with E-state index in [1.807, 2.05) is 0 Å². The van der Waals surface area contributed by atoms with E-state index in [0.717, 1.165) is 0 Å². The summed E-state index contributed by atoms with van der Waals surface area (Å²) in [5, 5.41) is 1.16. The lowest BCUT2D eigenvalue weighted by atomic mass is 10.0. The van der Waals surface area contributed by atoms with Crippen molar-refractivity contribution in [3.8, 4) is 5.75 Å². The molecule has 0 amide bonds. The van der Waals surface area contributed by atoms with Crippen LogP contribution in [-0.2, 0) is 0 Å². The monoisotopic (exact) mass is 286 g/mol. The van der Waals surface area contributed by atoms with Crippen molar-refractivity contribution in [2.24, 2.45) is 0 Å². The molecule has 0 radical (unpaired) electrons.